The molecule has 1 rings (SSSR count). The number of rotatable bonds is 9. The van der Waals surface area contributed by atoms with Crippen LogP contribution in [-0.2, 0) is 10.2 Å². The number of benzene rings is 1. The van der Waals surface area contributed by atoms with E-state index in [0.29, 0.717) is 0 Å². The van der Waals surface area contributed by atoms with Gasteiger partial charge in [0.15, 0.2) is 0 Å². The van der Waals surface area contributed by atoms with E-state index in [0.717, 1.165) is 19.7 Å². The highest BCUT2D eigenvalue weighted by Gasteiger charge is 2.12. The number of methoxy groups -OCH3 is 1. The van der Waals surface area contributed by atoms with Crippen LogP contribution in [-0.4, -0.2) is 32.6 Å². The van der Waals surface area contributed by atoms with Crippen molar-refractivity contribution in [3.63, 3.8) is 0 Å². The lowest BCUT2D eigenvalue weighted by Gasteiger charge is -2.19. The van der Waals surface area contributed by atoms with E-state index in [-0.39, 0.29) is 5.41 Å². The lowest BCUT2D eigenvalue weighted by Crippen LogP contribution is -2.20. The van der Waals surface area contributed by atoms with Gasteiger partial charge in [0.25, 0.3) is 0 Å². The fourth-order valence-electron chi connectivity index (χ4n) is 1.89. The molecule has 0 unspecified atom stereocenters. The average molecular weight is 295 g/mol. The van der Waals surface area contributed by atoms with Gasteiger partial charge in [-0.1, -0.05) is 32.9 Å². The molecule has 0 saturated heterocycles. The normalized spacial score (nSPS) is 11.8. The van der Waals surface area contributed by atoms with Crippen molar-refractivity contribution in [1.29, 1.82) is 0 Å². The fourth-order valence-corrected chi connectivity index (χ4v) is 2.81. The topological polar surface area (TPSA) is 21.3 Å². The van der Waals surface area contributed by atoms with E-state index >= 15 is 0 Å². The van der Waals surface area contributed by atoms with E-state index in [4.69, 9.17) is 4.74 Å². The van der Waals surface area contributed by atoms with Crippen LogP contribution in [0.25, 0.3) is 0 Å². The van der Waals surface area contributed by atoms with E-state index in [1.54, 1.807) is 7.11 Å². The smallest absolute Gasteiger partial charge is 0.0587 e. The molecule has 114 valence electrons. The summed E-state index contributed by atoms with van der Waals surface area (Å²) in [5, 5.41) is 3.37. The molecule has 0 heterocycles. The molecule has 0 bridgehead atoms. The quantitative estimate of drug-likeness (QED) is 0.547. The van der Waals surface area contributed by atoms with Crippen molar-refractivity contribution < 1.29 is 4.74 Å². The van der Waals surface area contributed by atoms with Gasteiger partial charge in [-0.15, -0.1) is 11.8 Å². The average Bonchev–Trinajstić information content (AvgIpc) is 2.41. The maximum absolute atomic E-state index is 4.99. The second-order valence-electron chi connectivity index (χ2n) is 6.07. The first kappa shape index (κ1) is 17.5. The fraction of sp³-hybridized carbons (Fsp3) is 0.647. The Bertz CT molecular complexity index is 356. The van der Waals surface area contributed by atoms with Gasteiger partial charge >= 0.3 is 0 Å². The van der Waals surface area contributed by atoms with Crippen LogP contribution in [0.5, 0.6) is 0 Å². The lowest BCUT2D eigenvalue weighted by molar-refractivity contribution is 0.199. The Hall–Kier alpha value is -0.510. The van der Waals surface area contributed by atoms with Crippen molar-refractivity contribution in [2.45, 2.75) is 43.9 Å². The first-order valence-corrected chi connectivity index (χ1v) is 8.45. The first-order chi connectivity index (χ1) is 9.54. The van der Waals surface area contributed by atoms with Gasteiger partial charge < -0.3 is 10.1 Å². The maximum Gasteiger partial charge on any atom is 0.0587 e. The Morgan fingerprint density at radius 1 is 1.05 bits per heavy atom. The molecule has 0 aromatic heterocycles. The monoisotopic (exact) mass is 295 g/mol. The zero-order chi connectivity index (χ0) is 14.8. The Morgan fingerprint density at radius 2 is 1.75 bits per heavy atom. The predicted octanol–water partition coefficient (Wildman–Crippen LogP) is 4.09. The van der Waals surface area contributed by atoms with Crippen molar-refractivity contribution in [3.8, 4) is 0 Å². The highest BCUT2D eigenvalue weighted by molar-refractivity contribution is 7.99. The SMILES string of the molecule is COCCNCCCCSc1ccc(C(C)(C)C)cc1. The molecule has 1 aromatic rings. The summed E-state index contributed by atoms with van der Waals surface area (Å²) in [7, 11) is 1.74. The van der Waals surface area contributed by atoms with Crippen LogP contribution in [0.4, 0.5) is 0 Å². The summed E-state index contributed by atoms with van der Waals surface area (Å²) in [6, 6.07) is 9.02. The number of hydrogen-bond donors (Lipinski definition) is 1. The molecule has 1 N–H and O–H groups in total. The number of hydrogen-bond acceptors (Lipinski definition) is 3. The standard InChI is InChI=1S/C17H29NOS/c1-17(2,3)15-7-9-16(10-8-15)20-14-6-5-11-18-12-13-19-4/h7-10,18H,5-6,11-14H2,1-4H3. The van der Waals surface area contributed by atoms with Gasteiger partial charge in [-0.3, -0.25) is 0 Å². The number of ether oxygens (including phenoxy) is 1. The summed E-state index contributed by atoms with van der Waals surface area (Å²) < 4.78 is 4.99. The molecule has 3 heteroatoms. The first-order valence-electron chi connectivity index (χ1n) is 7.47. The van der Waals surface area contributed by atoms with Gasteiger partial charge in [-0.2, -0.15) is 0 Å². The van der Waals surface area contributed by atoms with Gasteiger partial charge in [0.05, 0.1) is 6.61 Å². The maximum atomic E-state index is 4.99. The Labute approximate surface area is 128 Å². The minimum atomic E-state index is 0.247. The molecular formula is C17H29NOS. The second-order valence-corrected chi connectivity index (χ2v) is 7.24. The third kappa shape index (κ3) is 7.32. The van der Waals surface area contributed by atoms with Gasteiger partial charge in [0, 0.05) is 18.6 Å². The van der Waals surface area contributed by atoms with E-state index in [2.05, 4.69) is 50.4 Å². The largest absolute Gasteiger partial charge is 0.383 e. The molecule has 0 fully saturated rings. The van der Waals surface area contributed by atoms with Gasteiger partial charge in [-0.05, 0) is 48.3 Å². The molecule has 0 saturated carbocycles. The number of thioether (sulfide) groups is 1. The van der Waals surface area contributed by atoms with Gasteiger partial charge in [0.1, 0.15) is 0 Å². The molecule has 0 spiro atoms. The van der Waals surface area contributed by atoms with Crippen LogP contribution in [0.15, 0.2) is 29.2 Å². The van der Waals surface area contributed by atoms with Crippen molar-refractivity contribution in [1.82, 2.24) is 5.32 Å². The highest BCUT2D eigenvalue weighted by atomic mass is 32.2. The Morgan fingerprint density at radius 3 is 2.35 bits per heavy atom. The van der Waals surface area contributed by atoms with Crippen molar-refractivity contribution in [3.05, 3.63) is 29.8 Å². The molecule has 2 nitrogen and oxygen atoms in total. The van der Waals surface area contributed by atoms with Crippen LogP contribution in [0.3, 0.4) is 0 Å². The van der Waals surface area contributed by atoms with Crippen LogP contribution >= 0.6 is 11.8 Å². The molecular weight excluding hydrogens is 266 g/mol. The highest BCUT2D eigenvalue weighted by Crippen LogP contribution is 2.25. The summed E-state index contributed by atoms with van der Waals surface area (Å²) in [6.07, 6.45) is 2.49. The number of nitrogens with one attached hydrogen (secondary N) is 1. The summed E-state index contributed by atoms with van der Waals surface area (Å²) in [5.41, 5.74) is 1.65. The zero-order valence-corrected chi connectivity index (χ0v) is 14.2. The molecule has 0 aliphatic carbocycles. The van der Waals surface area contributed by atoms with E-state index in [1.807, 2.05) is 11.8 Å². The molecule has 20 heavy (non-hydrogen) atoms. The summed E-state index contributed by atoms with van der Waals surface area (Å²) >= 11 is 1.96. The Balaban J connectivity index is 2.13. The molecule has 1 aromatic carbocycles. The molecule has 0 radical (unpaired) electrons. The van der Waals surface area contributed by atoms with E-state index < -0.39 is 0 Å². The summed E-state index contributed by atoms with van der Waals surface area (Å²) in [5.74, 6) is 1.20. The summed E-state index contributed by atoms with van der Waals surface area (Å²) in [6.45, 7) is 9.61. The lowest BCUT2D eigenvalue weighted by atomic mass is 9.87. The van der Waals surface area contributed by atoms with Crippen molar-refractivity contribution in [2.24, 2.45) is 0 Å². The molecule has 0 aliphatic heterocycles. The third-order valence-corrected chi connectivity index (χ3v) is 4.32. The zero-order valence-electron chi connectivity index (χ0n) is 13.4. The van der Waals surface area contributed by atoms with E-state index in [1.165, 1.54) is 29.1 Å². The van der Waals surface area contributed by atoms with Gasteiger partial charge in [0.2, 0.25) is 0 Å². The second kappa shape index (κ2) is 9.43. The predicted molar refractivity (Wildman–Crippen MR) is 89.8 cm³/mol. The van der Waals surface area contributed by atoms with Gasteiger partial charge in [-0.25, -0.2) is 0 Å². The number of unbranched alkanes of at least 4 members (excludes halogenated alkanes) is 1. The van der Waals surface area contributed by atoms with Crippen LogP contribution in [0.2, 0.25) is 0 Å². The molecule has 0 aliphatic rings. The van der Waals surface area contributed by atoms with Crippen LogP contribution < -0.4 is 5.32 Å². The minimum Gasteiger partial charge on any atom is -0.383 e. The third-order valence-electron chi connectivity index (χ3n) is 3.22. The van der Waals surface area contributed by atoms with Crippen molar-refractivity contribution >= 4 is 11.8 Å². The summed E-state index contributed by atoms with van der Waals surface area (Å²) in [4.78, 5) is 1.38. The molecule has 0 amide bonds. The van der Waals surface area contributed by atoms with E-state index in [9.17, 15) is 0 Å². The van der Waals surface area contributed by atoms with Crippen LogP contribution in [0, 0.1) is 0 Å². The van der Waals surface area contributed by atoms with Crippen LogP contribution in [0.1, 0.15) is 39.2 Å². The Kier molecular flexibility index (Phi) is 8.27. The molecule has 0 atom stereocenters. The van der Waals surface area contributed by atoms with Crippen molar-refractivity contribution in [2.75, 3.05) is 32.6 Å². The minimum absolute atomic E-state index is 0.247.